The molecule has 0 fully saturated rings. The Balaban J connectivity index is 1.75. The summed E-state index contributed by atoms with van der Waals surface area (Å²) in [6.07, 6.45) is 3.39. The first-order valence-corrected chi connectivity index (χ1v) is 8.94. The minimum absolute atomic E-state index is 0.182. The minimum atomic E-state index is -0.310. The maximum absolute atomic E-state index is 13.3. The van der Waals surface area contributed by atoms with Crippen LogP contribution in [0, 0.1) is 12.7 Å². The number of hydrogen-bond acceptors (Lipinski definition) is 3. The summed E-state index contributed by atoms with van der Waals surface area (Å²) in [6, 6.07) is 17.4. The molecule has 2 aromatic heterocycles. The van der Waals surface area contributed by atoms with Gasteiger partial charge in [-0.1, -0.05) is 11.6 Å². The van der Waals surface area contributed by atoms with Crippen LogP contribution in [0.3, 0.4) is 0 Å². The zero-order valence-electron chi connectivity index (χ0n) is 15.3. The van der Waals surface area contributed by atoms with E-state index in [0.717, 1.165) is 27.6 Å². The van der Waals surface area contributed by atoms with Gasteiger partial charge in [0.15, 0.2) is 0 Å². The number of halogens is 1. The number of hydrogen-bond donors (Lipinski definition) is 1. The zero-order valence-corrected chi connectivity index (χ0v) is 15.3. The van der Waals surface area contributed by atoms with E-state index in [0.29, 0.717) is 17.8 Å². The van der Waals surface area contributed by atoms with Gasteiger partial charge in [-0.3, -0.25) is 9.78 Å². The Morgan fingerprint density at radius 2 is 1.75 bits per heavy atom. The zero-order chi connectivity index (χ0) is 19.5. The first-order valence-electron chi connectivity index (χ1n) is 8.94. The first-order chi connectivity index (χ1) is 13.6. The predicted molar refractivity (Wildman–Crippen MR) is 107 cm³/mol. The fourth-order valence-electron chi connectivity index (χ4n) is 3.07. The van der Waals surface area contributed by atoms with Crippen molar-refractivity contribution in [1.82, 2.24) is 15.3 Å². The molecule has 0 aliphatic heterocycles. The van der Waals surface area contributed by atoms with E-state index in [1.165, 1.54) is 12.1 Å². The number of amides is 1. The molecule has 4 aromatic rings. The average Bonchev–Trinajstić information content (AvgIpc) is 2.72. The Morgan fingerprint density at radius 1 is 1.00 bits per heavy atom. The Kier molecular flexibility index (Phi) is 4.81. The van der Waals surface area contributed by atoms with Crippen molar-refractivity contribution in [3.05, 3.63) is 95.6 Å². The number of nitrogens with one attached hydrogen (secondary N) is 1. The van der Waals surface area contributed by atoms with Crippen molar-refractivity contribution in [3.63, 3.8) is 0 Å². The van der Waals surface area contributed by atoms with Crippen molar-refractivity contribution in [2.24, 2.45) is 0 Å². The number of fused-ring (bicyclic) bond motifs is 1. The topological polar surface area (TPSA) is 54.9 Å². The van der Waals surface area contributed by atoms with Gasteiger partial charge in [-0.2, -0.15) is 0 Å². The molecule has 0 bridgehead atoms. The number of carbonyl (C=O) groups excluding carboxylic acids is 1. The molecule has 2 aromatic carbocycles. The van der Waals surface area contributed by atoms with Crippen molar-refractivity contribution in [2.75, 3.05) is 0 Å². The van der Waals surface area contributed by atoms with Crippen LogP contribution in [-0.4, -0.2) is 15.9 Å². The van der Waals surface area contributed by atoms with Crippen LogP contribution in [0.1, 0.15) is 21.5 Å². The van der Waals surface area contributed by atoms with Crippen LogP contribution in [0.25, 0.3) is 22.2 Å². The second kappa shape index (κ2) is 7.56. The largest absolute Gasteiger partial charge is 0.348 e. The summed E-state index contributed by atoms with van der Waals surface area (Å²) in [5.74, 6) is -0.492. The van der Waals surface area contributed by atoms with E-state index in [4.69, 9.17) is 0 Å². The number of rotatable bonds is 4. The third-order valence-corrected chi connectivity index (χ3v) is 4.55. The normalized spacial score (nSPS) is 10.8. The number of nitrogens with zero attached hydrogens (tertiary/aromatic N) is 2. The van der Waals surface area contributed by atoms with E-state index in [-0.39, 0.29) is 11.7 Å². The molecular formula is C23H18FN3O. The van der Waals surface area contributed by atoms with Crippen molar-refractivity contribution < 1.29 is 9.18 Å². The van der Waals surface area contributed by atoms with Gasteiger partial charge in [0.1, 0.15) is 5.82 Å². The fourth-order valence-corrected chi connectivity index (χ4v) is 3.07. The summed E-state index contributed by atoms with van der Waals surface area (Å²) in [7, 11) is 0. The number of benzene rings is 2. The standard InChI is InChI=1S/C23H18FN3O/c1-15-2-7-21-19(12-15)20(23(28)26-14-16-8-10-25-11-9-16)13-22(27-21)17-3-5-18(24)6-4-17/h2-13H,14H2,1H3,(H,26,28). The molecule has 0 aliphatic carbocycles. The highest BCUT2D eigenvalue weighted by molar-refractivity contribution is 6.07. The highest BCUT2D eigenvalue weighted by Gasteiger charge is 2.14. The number of aromatic nitrogens is 2. The van der Waals surface area contributed by atoms with Gasteiger partial charge >= 0.3 is 0 Å². The summed E-state index contributed by atoms with van der Waals surface area (Å²) < 4.78 is 13.3. The van der Waals surface area contributed by atoms with E-state index in [2.05, 4.69) is 15.3 Å². The third kappa shape index (κ3) is 3.74. The molecule has 5 heteroatoms. The quantitative estimate of drug-likeness (QED) is 0.567. The van der Waals surface area contributed by atoms with Gasteiger partial charge < -0.3 is 5.32 Å². The van der Waals surface area contributed by atoms with Crippen LogP contribution < -0.4 is 5.32 Å². The molecule has 0 aliphatic rings. The molecule has 0 radical (unpaired) electrons. The second-order valence-electron chi connectivity index (χ2n) is 6.62. The van der Waals surface area contributed by atoms with E-state index in [1.807, 2.05) is 37.3 Å². The summed E-state index contributed by atoms with van der Waals surface area (Å²) in [5, 5.41) is 3.75. The first kappa shape index (κ1) is 17.8. The Morgan fingerprint density at radius 3 is 2.50 bits per heavy atom. The van der Waals surface area contributed by atoms with Crippen molar-refractivity contribution >= 4 is 16.8 Å². The van der Waals surface area contributed by atoms with Crippen LogP contribution in [0.2, 0.25) is 0 Å². The lowest BCUT2D eigenvalue weighted by Gasteiger charge is -2.11. The van der Waals surface area contributed by atoms with Gasteiger partial charge in [0, 0.05) is 29.9 Å². The van der Waals surface area contributed by atoms with Crippen LogP contribution in [0.4, 0.5) is 4.39 Å². The van der Waals surface area contributed by atoms with Gasteiger partial charge in [-0.15, -0.1) is 0 Å². The molecule has 0 atom stereocenters. The predicted octanol–water partition coefficient (Wildman–Crippen LogP) is 4.67. The summed E-state index contributed by atoms with van der Waals surface area (Å²) in [5.41, 5.74) is 4.67. The summed E-state index contributed by atoms with van der Waals surface area (Å²) in [6.45, 7) is 2.38. The lowest BCUT2D eigenvalue weighted by atomic mass is 10.0. The van der Waals surface area contributed by atoms with E-state index < -0.39 is 0 Å². The van der Waals surface area contributed by atoms with Gasteiger partial charge in [0.05, 0.1) is 16.8 Å². The Bertz CT molecular complexity index is 1140. The monoisotopic (exact) mass is 371 g/mol. The maximum Gasteiger partial charge on any atom is 0.252 e. The molecule has 28 heavy (non-hydrogen) atoms. The maximum atomic E-state index is 13.3. The third-order valence-electron chi connectivity index (χ3n) is 4.55. The van der Waals surface area contributed by atoms with Gasteiger partial charge in [0.25, 0.3) is 5.91 Å². The summed E-state index contributed by atoms with van der Waals surface area (Å²) in [4.78, 5) is 21.6. The van der Waals surface area contributed by atoms with E-state index in [9.17, 15) is 9.18 Å². The van der Waals surface area contributed by atoms with Crippen LogP contribution in [0.15, 0.2) is 73.1 Å². The molecule has 138 valence electrons. The van der Waals surface area contributed by atoms with E-state index >= 15 is 0 Å². The molecule has 2 heterocycles. The molecule has 0 unspecified atom stereocenters. The van der Waals surface area contributed by atoms with E-state index in [1.54, 1.807) is 30.6 Å². The Labute approximate surface area is 162 Å². The molecule has 0 spiro atoms. The molecular weight excluding hydrogens is 353 g/mol. The lowest BCUT2D eigenvalue weighted by molar-refractivity contribution is 0.0952. The molecule has 1 amide bonds. The van der Waals surface area contributed by atoms with Crippen molar-refractivity contribution in [2.45, 2.75) is 13.5 Å². The van der Waals surface area contributed by atoms with Crippen LogP contribution in [-0.2, 0) is 6.54 Å². The molecule has 1 N–H and O–H groups in total. The van der Waals surface area contributed by atoms with Crippen molar-refractivity contribution in [3.8, 4) is 11.3 Å². The SMILES string of the molecule is Cc1ccc2nc(-c3ccc(F)cc3)cc(C(=O)NCc3ccncc3)c2c1. The smallest absolute Gasteiger partial charge is 0.252 e. The molecule has 4 rings (SSSR count). The molecule has 4 nitrogen and oxygen atoms in total. The van der Waals surface area contributed by atoms with Gasteiger partial charge in [-0.05, 0) is 67.1 Å². The highest BCUT2D eigenvalue weighted by atomic mass is 19.1. The average molecular weight is 371 g/mol. The number of aryl methyl sites for hydroxylation is 1. The summed E-state index contributed by atoms with van der Waals surface area (Å²) >= 11 is 0. The fraction of sp³-hybridized carbons (Fsp3) is 0.0870. The van der Waals surface area contributed by atoms with Crippen LogP contribution >= 0.6 is 0 Å². The number of pyridine rings is 2. The second-order valence-corrected chi connectivity index (χ2v) is 6.62. The van der Waals surface area contributed by atoms with Crippen molar-refractivity contribution in [1.29, 1.82) is 0 Å². The lowest BCUT2D eigenvalue weighted by Crippen LogP contribution is -2.23. The van der Waals surface area contributed by atoms with Crippen LogP contribution in [0.5, 0.6) is 0 Å². The van der Waals surface area contributed by atoms with Gasteiger partial charge in [-0.25, -0.2) is 9.37 Å². The Hall–Kier alpha value is -3.60. The van der Waals surface area contributed by atoms with Gasteiger partial charge in [0.2, 0.25) is 0 Å². The minimum Gasteiger partial charge on any atom is -0.348 e. The molecule has 0 saturated carbocycles. The molecule has 0 saturated heterocycles. The number of carbonyl (C=O) groups is 1. The highest BCUT2D eigenvalue weighted by Crippen LogP contribution is 2.26.